The number of aromatic amines is 1. The van der Waals surface area contributed by atoms with Gasteiger partial charge in [0.15, 0.2) is 0 Å². The van der Waals surface area contributed by atoms with Crippen LogP contribution in [-0.2, 0) is 14.3 Å². The Morgan fingerprint density at radius 3 is 2.20 bits per heavy atom. The van der Waals surface area contributed by atoms with Crippen LogP contribution in [0.25, 0.3) is 22.4 Å². The molecule has 3 aromatic rings. The van der Waals surface area contributed by atoms with E-state index in [1.165, 1.54) is 20.6 Å². The predicted molar refractivity (Wildman–Crippen MR) is 207 cm³/mol. The van der Waals surface area contributed by atoms with Crippen molar-refractivity contribution in [1.29, 1.82) is 0 Å². The molecule has 1 saturated carbocycles. The fraction of sp³-hybridized carbons (Fsp3) is 0.537. The SMILES string of the molecule is COC(=O)N[C@H](C(=O)N1CCC[C@H]1C1=NCC(c2ccc(-c3ccc(-c4cnc([C@@H]5CCCN5C5CCCC[C@H]5NC(=O)OC)[nH]4)cc3)cc2)N1)C(C)C. The zero-order valence-electron chi connectivity index (χ0n) is 31.8. The molecule has 1 aliphatic carbocycles. The van der Waals surface area contributed by atoms with E-state index in [0.717, 1.165) is 91.1 Å². The number of aromatic nitrogens is 2. The number of amides is 3. The lowest BCUT2D eigenvalue weighted by atomic mass is 9.88. The van der Waals surface area contributed by atoms with Gasteiger partial charge in [0, 0.05) is 18.6 Å². The molecule has 13 nitrogen and oxygen atoms in total. The van der Waals surface area contributed by atoms with E-state index < -0.39 is 12.1 Å². The largest absolute Gasteiger partial charge is 0.453 e. The number of carbonyl (C=O) groups excluding carboxylic acids is 3. The number of imidazole rings is 1. The van der Waals surface area contributed by atoms with Gasteiger partial charge in [-0.25, -0.2) is 14.6 Å². The molecule has 0 radical (unpaired) electrons. The Kier molecular flexibility index (Phi) is 11.5. The van der Waals surface area contributed by atoms with E-state index in [1.807, 2.05) is 24.9 Å². The van der Waals surface area contributed by atoms with Gasteiger partial charge in [-0.2, -0.15) is 0 Å². The minimum atomic E-state index is -0.656. The van der Waals surface area contributed by atoms with Crippen LogP contribution in [0.15, 0.2) is 59.7 Å². The quantitative estimate of drug-likeness (QED) is 0.199. The number of likely N-dealkylation sites (tertiary alicyclic amines) is 2. The van der Waals surface area contributed by atoms with Crippen molar-refractivity contribution in [3.63, 3.8) is 0 Å². The van der Waals surface area contributed by atoms with Crippen molar-refractivity contribution in [2.24, 2.45) is 10.9 Å². The summed E-state index contributed by atoms with van der Waals surface area (Å²) in [7, 11) is 2.73. The summed E-state index contributed by atoms with van der Waals surface area (Å²) in [4.78, 5) is 55.3. The molecule has 2 saturated heterocycles. The van der Waals surface area contributed by atoms with Crippen molar-refractivity contribution in [3.8, 4) is 22.4 Å². The summed E-state index contributed by atoms with van der Waals surface area (Å²) >= 11 is 0. The normalized spacial score (nSPS) is 24.9. The molecule has 2 aromatic carbocycles. The van der Waals surface area contributed by atoms with Crippen molar-refractivity contribution in [1.82, 2.24) is 35.7 Å². The number of ether oxygens (including phenoxy) is 2. The second kappa shape index (κ2) is 16.6. The lowest BCUT2D eigenvalue weighted by Crippen LogP contribution is -2.54. The maximum Gasteiger partial charge on any atom is 0.407 e. The second-order valence-electron chi connectivity index (χ2n) is 15.3. The van der Waals surface area contributed by atoms with Gasteiger partial charge in [0.05, 0.1) is 50.8 Å². The van der Waals surface area contributed by atoms with Crippen LogP contribution in [0.5, 0.6) is 0 Å². The number of hydrogen-bond acceptors (Lipinski definition) is 9. The first-order valence-electron chi connectivity index (χ1n) is 19.6. The molecule has 13 heteroatoms. The molecule has 2 unspecified atom stereocenters. The number of benzene rings is 2. The van der Waals surface area contributed by atoms with E-state index in [-0.39, 0.29) is 48.1 Å². The van der Waals surface area contributed by atoms with E-state index in [9.17, 15) is 14.4 Å². The topological polar surface area (TPSA) is 153 Å². The van der Waals surface area contributed by atoms with Crippen LogP contribution in [0.1, 0.15) is 88.7 Å². The molecule has 54 heavy (non-hydrogen) atoms. The zero-order chi connectivity index (χ0) is 37.8. The van der Waals surface area contributed by atoms with Crippen LogP contribution in [0.2, 0.25) is 0 Å². The van der Waals surface area contributed by atoms with Gasteiger partial charge in [-0.3, -0.25) is 14.7 Å². The Balaban J connectivity index is 0.964. The van der Waals surface area contributed by atoms with Crippen molar-refractivity contribution >= 4 is 23.9 Å². The van der Waals surface area contributed by atoms with Gasteiger partial charge in [0.2, 0.25) is 5.91 Å². The highest BCUT2D eigenvalue weighted by atomic mass is 16.5. The van der Waals surface area contributed by atoms with Crippen molar-refractivity contribution in [2.75, 3.05) is 33.9 Å². The molecule has 4 heterocycles. The molecule has 288 valence electrons. The lowest BCUT2D eigenvalue weighted by molar-refractivity contribution is -0.134. The standard InChI is InChI=1S/C41H54N8O5/c1-25(2)36(47-41(52)54-4)39(50)49-22-8-12-35(49)38-43-24-32(45-38)29-19-15-27(16-20-29)26-13-17-28(18-14-26)31-23-42-37(44-31)34-11-7-21-48(34)33-10-6-5-9-30(33)46-40(51)53-3/h13-20,23,25,30,32-36H,5-12,21-22,24H2,1-4H3,(H,42,44)(H,43,45)(H,46,51)(H,47,52)/t30-,32?,33?,34+,35+,36+/m1/s1. The Morgan fingerprint density at radius 1 is 0.815 bits per heavy atom. The van der Waals surface area contributed by atoms with E-state index in [4.69, 9.17) is 19.5 Å². The van der Waals surface area contributed by atoms with Gasteiger partial charge in [0.25, 0.3) is 0 Å². The fourth-order valence-electron chi connectivity index (χ4n) is 8.81. The maximum atomic E-state index is 13.6. The van der Waals surface area contributed by atoms with E-state index >= 15 is 0 Å². The summed E-state index contributed by atoms with van der Waals surface area (Å²) < 4.78 is 9.69. The van der Waals surface area contributed by atoms with Gasteiger partial charge < -0.3 is 35.3 Å². The zero-order valence-corrected chi connectivity index (χ0v) is 31.8. The summed E-state index contributed by atoms with van der Waals surface area (Å²) in [5.74, 6) is 1.64. The summed E-state index contributed by atoms with van der Waals surface area (Å²) in [6.07, 6.45) is 9.16. The molecule has 6 atom stereocenters. The third-order valence-corrected chi connectivity index (χ3v) is 11.7. The highest BCUT2D eigenvalue weighted by Crippen LogP contribution is 2.38. The smallest absolute Gasteiger partial charge is 0.407 e. The van der Waals surface area contributed by atoms with E-state index in [1.54, 1.807) is 0 Å². The van der Waals surface area contributed by atoms with Gasteiger partial charge in [-0.1, -0.05) is 75.2 Å². The molecule has 3 amide bonds. The van der Waals surface area contributed by atoms with Gasteiger partial charge in [-0.05, 0) is 73.2 Å². The van der Waals surface area contributed by atoms with Crippen LogP contribution in [0.4, 0.5) is 9.59 Å². The Morgan fingerprint density at radius 2 is 1.48 bits per heavy atom. The van der Waals surface area contributed by atoms with Crippen LogP contribution < -0.4 is 16.0 Å². The summed E-state index contributed by atoms with van der Waals surface area (Å²) in [6.45, 7) is 6.08. The number of carbonyl (C=O) groups is 3. The number of nitrogens with zero attached hydrogens (tertiary/aromatic N) is 4. The summed E-state index contributed by atoms with van der Waals surface area (Å²) in [6, 6.07) is 17.0. The average molecular weight is 739 g/mol. The third kappa shape index (κ3) is 7.96. The minimum Gasteiger partial charge on any atom is -0.453 e. The van der Waals surface area contributed by atoms with Crippen molar-refractivity contribution in [3.05, 3.63) is 66.1 Å². The second-order valence-corrected chi connectivity index (χ2v) is 15.3. The molecule has 4 aliphatic rings. The summed E-state index contributed by atoms with van der Waals surface area (Å²) in [5.41, 5.74) is 5.48. The van der Waals surface area contributed by atoms with Crippen LogP contribution in [-0.4, -0.2) is 102 Å². The highest BCUT2D eigenvalue weighted by molar-refractivity contribution is 5.95. The number of aliphatic imine (C=N–C) groups is 1. The highest BCUT2D eigenvalue weighted by Gasteiger charge is 2.41. The van der Waals surface area contributed by atoms with E-state index in [0.29, 0.717) is 13.1 Å². The molecule has 3 aliphatic heterocycles. The van der Waals surface area contributed by atoms with Crippen molar-refractivity contribution in [2.45, 2.75) is 101 Å². The first-order valence-corrected chi connectivity index (χ1v) is 19.6. The number of alkyl carbamates (subject to hydrolysis) is 2. The molecule has 3 fully saturated rings. The molecule has 1 aromatic heterocycles. The van der Waals surface area contributed by atoms with Gasteiger partial charge in [0.1, 0.15) is 17.7 Å². The Labute approximate surface area is 317 Å². The van der Waals surface area contributed by atoms with Crippen molar-refractivity contribution < 1.29 is 23.9 Å². The van der Waals surface area contributed by atoms with Crippen LogP contribution in [0, 0.1) is 5.92 Å². The first kappa shape index (κ1) is 37.4. The number of hydrogen-bond donors (Lipinski definition) is 4. The predicted octanol–water partition coefficient (Wildman–Crippen LogP) is 5.96. The molecular weight excluding hydrogens is 685 g/mol. The molecule has 0 spiro atoms. The molecular formula is C41H54N8O5. The fourth-order valence-corrected chi connectivity index (χ4v) is 8.81. The summed E-state index contributed by atoms with van der Waals surface area (Å²) in [5, 5.41) is 9.42. The number of amidine groups is 1. The third-order valence-electron chi connectivity index (χ3n) is 11.7. The number of nitrogens with one attached hydrogen (secondary N) is 4. The number of rotatable bonds is 10. The first-order chi connectivity index (χ1) is 26.2. The minimum absolute atomic E-state index is 0.0292. The number of H-pyrrole nitrogens is 1. The molecule has 4 N–H and O–H groups in total. The Hall–Kier alpha value is -4.91. The van der Waals surface area contributed by atoms with Crippen LogP contribution in [0.3, 0.4) is 0 Å². The van der Waals surface area contributed by atoms with Gasteiger partial charge in [-0.15, -0.1) is 0 Å². The van der Waals surface area contributed by atoms with E-state index in [2.05, 4.69) is 74.4 Å². The lowest BCUT2D eigenvalue weighted by Gasteiger charge is -2.40. The average Bonchev–Trinajstić information content (AvgIpc) is 4.03. The number of methoxy groups -OCH3 is 2. The van der Waals surface area contributed by atoms with Gasteiger partial charge >= 0.3 is 12.2 Å². The molecule has 0 bridgehead atoms. The Bertz CT molecular complexity index is 1810. The molecule has 7 rings (SSSR count). The van der Waals surface area contributed by atoms with Crippen LogP contribution >= 0.6 is 0 Å². The maximum absolute atomic E-state index is 13.6. The monoisotopic (exact) mass is 738 g/mol.